The lowest BCUT2D eigenvalue weighted by Gasteiger charge is -2.23. The Labute approximate surface area is 111 Å². The normalized spacial score (nSPS) is 13.7. The first-order valence-corrected chi connectivity index (χ1v) is 6.70. The topological polar surface area (TPSA) is 32.3 Å². The summed E-state index contributed by atoms with van der Waals surface area (Å²) in [6, 6.07) is 4.72. The Hall–Kier alpha value is -0.860. The van der Waals surface area contributed by atoms with Crippen molar-refractivity contribution in [3.63, 3.8) is 0 Å². The largest absolute Gasteiger partial charge is 0.395 e. The molecule has 0 bridgehead atoms. The van der Waals surface area contributed by atoms with Crippen molar-refractivity contribution in [2.75, 3.05) is 6.61 Å². The van der Waals surface area contributed by atoms with Crippen LogP contribution in [0.5, 0.6) is 0 Å². The smallest absolute Gasteiger partial charge is 0.0582 e. The standard InChI is InChI=1S/C16H27NO/c1-11-7-14(16(4,5)6)8-12(2)15(11)9-17-13(3)10-18/h7-8,13,17-18H,9-10H2,1-6H3. The average molecular weight is 249 g/mol. The van der Waals surface area contributed by atoms with E-state index in [2.05, 4.69) is 52.1 Å². The van der Waals surface area contributed by atoms with Crippen molar-refractivity contribution in [3.05, 3.63) is 34.4 Å². The van der Waals surface area contributed by atoms with E-state index < -0.39 is 0 Å². The van der Waals surface area contributed by atoms with Gasteiger partial charge >= 0.3 is 0 Å². The van der Waals surface area contributed by atoms with Gasteiger partial charge in [-0.25, -0.2) is 0 Å². The summed E-state index contributed by atoms with van der Waals surface area (Å²) in [4.78, 5) is 0. The molecule has 0 aliphatic heterocycles. The quantitative estimate of drug-likeness (QED) is 0.859. The van der Waals surface area contributed by atoms with Crippen LogP contribution in [0.4, 0.5) is 0 Å². The zero-order chi connectivity index (χ0) is 13.9. The molecule has 1 unspecified atom stereocenters. The maximum Gasteiger partial charge on any atom is 0.0582 e. The summed E-state index contributed by atoms with van der Waals surface area (Å²) in [5, 5.41) is 12.4. The number of nitrogens with one attached hydrogen (secondary N) is 1. The number of hydrogen-bond donors (Lipinski definition) is 2. The Kier molecular flexibility index (Phi) is 4.94. The van der Waals surface area contributed by atoms with Crippen molar-refractivity contribution in [2.45, 2.75) is 59.5 Å². The van der Waals surface area contributed by atoms with Gasteiger partial charge in [-0.2, -0.15) is 0 Å². The Balaban J connectivity index is 2.95. The second-order valence-corrected chi connectivity index (χ2v) is 6.30. The molecule has 0 aliphatic carbocycles. The maximum absolute atomic E-state index is 9.04. The second-order valence-electron chi connectivity index (χ2n) is 6.30. The first-order valence-electron chi connectivity index (χ1n) is 6.70. The van der Waals surface area contributed by atoms with Crippen LogP contribution in [0.25, 0.3) is 0 Å². The third kappa shape index (κ3) is 3.82. The molecule has 2 N–H and O–H groups in total. The van der Waals surface area contributed by atoms with Gasteiger partial charge in [-0.05, 0) is 48.4 Å². The molecule has 2 nitrogen and oxygen atoms in total. The minimum absolute atomic E-state index is 0.145. The Morgan fingerprint density at radius 2 is 1.67 bits per heavy atom. The summed E-state index contributed by atoms with van der Waals surface area (Å²) < 4.78 is 0. The van der Waals surface area contributed by atoms with Gasteiger partial charge in [-0.1, -0.05) is 32.9 Å². The van der Waals surface area contributed by atoms with E-state index in [4.69, 9.17) is 5.11 Å². The van der Waals surface area contributed by atoms with E-state index in [0.717, 1.165) is 6.54 Å². The van der Waals surface area contributed by atoms with E-state index in [1.807, 2.05) is 6.92 Å². The molecule has 0 fully saturated rings. The lowest BCUT2D eigenvalue weighted by molar-refractivity contribution is 0.251. The number of aliphatic hydroxyl groups is 1. The summed E-state index contributed by atoms with van der Waals surface area (Å²) in [5.74, 6) is 0. The predicted octanol–water partition coefficient (Wildman–Crippen LogP) is 3.07. The predicted molar refractivity (Wildman–Crippen MR) is 78.0 cm³/mol. The molecular formula is C16H27NO. The Bertz CT molecular complexity index is 381. The van der Waals surface area contributed by atoms with Crippen LogP contribution < -0.4 is 5.32 Å². The highest BCUT2D eigenvalue weighted by Gasteiger charge is 2.16. The number of rotatable bonds is 4. The fraction of sp³-hybridized carbons (Fsp3) is 0.625. The van der Waals surface area contributed by atoms with Gasteiger partial charge in [0.1, 0.15) is 0 Å². The van der Waals surface area contributed by atoms with Gasteiger partial charge in [-0.15, -0.1) is 0 Å². The lowest BCUT2D eigenvalue weighted by atomic mass is 9.84. The van der Waals surface area contributed by atoms with Gasteiger partial charge in [0.2, 0.25) is 0 Å². The zero-order valence-corrected chi connectivity index (χ0v) is 12.6. The van der Waals surface area contributed by atoms with E-state index >= 15 is 0 Å². The van der Waals surface area contributed by atoms with Crippen molar-refractivity contribution < 1.29 is 5.11 Å². The third-order valence-corrected chi connectivity index (χ3v) is 3.46. The minimum atomic E-state index is 0.145. The highest BCUT2D eigenvalue weighted by Crippen LogP contribution is 2.26. The first-order chi connectivity index (χ1) is 8.25. The average Bonchev–Trinajstić information content (AvgIpc) is 2.26. The molecule has 1 rings (SSSR count). The molecular weight excluding hydrogens is 222 g/mol. The highest BCUT2D eigenvalue weighted by atomic mass is 16.3. The lowest BCUT2D eigenvalue weighted by Crippen LogP contribution is -2.29. The molecule has 1 atom stereocenters. The van der Waals surface area contributed by atoms with E-state index in [0.29, 0.717) is 0 Å². The van der Waals surface area contributed by atoms with Crippen molar-refractivity contribution in [2.24, 2.45) is 0 Å². The van der Waals surface area contributed by atoms with Crippen LogP contribution in [-0.2, 0) is 12.0 Å². The van der Waals surface area contributed by atoms with Crippen LogP contribution in [0, 0.1) is 13.8 Å². The summed E-state index contributed by atoms with van der Waals surface area (Å²) in [6.07, 6.45) is 0. The summed E-state index contributed by atoms with van der Waals surface area (Å²) in [6.45, 7) is 14.1. The van der Waals surface area contributed by atoms with Crippen molar-refractivity contribution in [1.29, 1.82) is 0 Å². The van der Waals surface area contributed by atoms with Crippen LogP contribution in [0.1, 0.15) is 49.9 Å². The van der Waals surface area contributed by atoms with Gasteiger partial charge in [0.05, 0.1) is 6.61 Å². The maximum atomic E-state index is 9.04. The SMILES string of the molecule is Cc1cc(C(C)(C)C)cc(C)c1CNC(C)CO. The van der Waals surface area contributed by atoms with E-state index in [9.17, 15) is 0 Å². The van der Waals surface area contributed by atoms with Gasteiger partial charge in [-0.3, -0.25) is 0 Å². The molecule has 0 saturated heterocycles. The number of aryl methyl sites for hydroxylation is 2. The van der Waals surface area contributed by atoms with E-state index in [1.54, 1.807) is 0 Å². The zero-order valence-electron chi connectivity index (χ0n) is 12.6. The molecule has 0 aromatic heterocycles. The van der Waals surface area contributed by atoms with E-state index in [1.165, 1.54) is 22.3 Å². The Morgan fingerprint density at radius 1 is 1.17 bits per heavy atom. The molecule has 0 heterocycles. The van der Waals surface area contributed by atoms with Crippen LogP contribution in [0.15, 0.2) is 12.1 Å². The fourth-order valence-corrected chi connectivity index (χ4v) is 2.05. The van der Waals surface area contributed by atoms with Gasteiger partial charge in [0.15, 0.2) is 0 Å². The fourth-order valence-electron chi connectivity index (χ4n) is 2.05. The molecule has 1 aromatic rings. The molecule has 0 saturated carbocycles. The molecule has 102 valence electrons. The monoisotopic (exact) mass is 249 g/mol. The molecule has 0 aliphatic rings. The minimum Gasteiger partial charge on any atom is -0.395 e. The number of hydrogen-bond acceptors (Lipinski definition) is 2. The van der Waals surface area contributed by atoms with Gasteiger partial charge in [0, 0.05) is 12.6 Å². The molecule has 18 heavy (non-hydrogen) atoms. The number of benzene rings is 1. The van der Waals surface area contributed by atoms with Gasteiger partial charge in [0.25, 0.3) is 0 Å². The Morgan fingerprint density at radius 3 is 2.06 bits per heavy atom. The highest BCUT2D eigenvalue weighted by molar-refractivity contribution is 5.40. The molecule has 0 spiro atoms. The first kappa shape index (κ1) is 15.2. The third-order valence-electron chi connectivity index (χ3n) is 3.46. The van der Waals surface area contributed by atoms with Crippen LogP contribution in [-0.4, -0.2) is 17.8 Å². The summed E-state index contributed by atoms with van der Waals surface area (Å²) >= 11 is 0. The van der Waals surface area contributed by atoms with Crippen LogP contribution in [0.2, 0.25) is 0 Å². The van der Waals surface area contributed by atoms with E-state index in [-0.39, 0.29) is 18.1 Å². The van der Waals surface area contributed by atoms with Crippen molar-refractivity contribution in [3.8, 4) is 0 Å². The summed E-state index contributed by atoms with van der Waals surface area (Å²) in [7, 11) is 0. The number of aliphatic hydroxyl groups excluding tert-OH is 1. The van der Waals surface area contributed by atoms with Crippen LogP contribution in [0.3, 0.4) is 0 Å². The molecule has 0 amide bonds. The second kappa shape index (κ2) is 5.85. The van der Waals surface area contributed by atoms with Crippen molar-refractivity contribution >= 4 is 0 Å². The van der Waals surface area contributed by atoms with Crippen LogP contribution >= 0.6 is 0 Å². The van der Waals surface area contributed by atoms with Gasteiger partial charge < -0.3 is 10.4 Å². The molecule has 1 aromatic carbocycles. The summed E-state index contributed by atoms with van der Waals surface area (Å²) in [5.41, 5.74) is 5.59. The molecule has 2 heteroatoms. The van der Waals surface area contributed by atoms with Crippen molar-refractivity contribution in [1.82, 2.24) is 5.32 Å². The molecule has 0 radical (unpaired) electrons.